The molecule has 0 spiro atoms. The van der Waals surface area contributed by atoms with Gasteiger partial charge in [-0.05, 0) is 66.7 Å². The topological polar surface area (TPSA) is 45.1 Å². The van der Waals surface area contributed by atoms with E-state index in [0.717, 1.165) is 5.56 Å². The summed E-state index contributed by atoms with van der Waals surface area (Å²) in [6.07, 6.45) is 5.46. The Labute approximate surface area is 128 Å². The fourth-order valence-corrected chi connectivity index (χ4v) is 3.05. The standard InChI is InChI=1S/C15H21BrN2O2/c1-10-5-4-6-11(2)18(10)17-9-12-7-13(16)15(19)14(8-12)20-3/h7-11,19H,4-6H2,1-3H3/b17-9+. The molecule has 0 bridgehead atoms. The summed E-state index contributed by atoms with van der Waals surface area (Å²) in [4.78, 5) is 0. The maximum Gasteiger partial charge on any atom is 0.172 e. The van der Waals surface area contributed by atoms with Gasteiger partial charge in [-0.3, -0.25) is 5.01 Å². The Hall–Kier alpha value is -1.23. The number of phenolic OH excluding ortho intramolecular Hbond substituents is 1. The molecule has 1 aromatic carbocycles. The molecule has 5 heteroatoms. The van der Waals surface area contributed by atoms with E-state index in [9.17, 15) is 5.11 Å². The second-order valence-electron chi connectivity index (χ2n) is 5.31. The fraction of sp³-hybridized carbons (Fsp3) is 0.533. The lowest BCUT2D eigenvalue weighted by molar-refractivity contribution is 0.109. The number of hydrazone groups is 1. The van der Waals surface area contributed by atoms with E-state index in [0.29, 0.717) is 22.3 Å². The van der Waals surface area contributed by atoms with Crippen LogP contribution in [0.4, 0.5) is 0 Å². The highest BCUT2D eigenvalue weighted by atomic mass is 79.9. The molecule has 2 unspecified atom stereocenters. The molecular formula is C15H21BrN2O2. The van der Waals surface area contributed by atoms with Gasteiger partial charge in [0.15, 0.2) is 11.5 Å². The number of hydrogen-bond acceptors (Lipinski definition) is 4. The third kappa shape index (κ3) is 3.26. The molecule has 1 saturated heterocycles. The van der Waals surface area contributed by atoms with Crippen LogP contribution in [-0.2, 0) is 0 Å². The average molecular weight is 341 g/mol. The summed E-state index contributed by atoms with van der Waals surface area (Å²) in [7, 11) is 1.54. The molecule has 4 nitrogen and oxygen atoms in total. The molecule has 110 valence electrons. The van der Waals surface area contributed by atoms with Gasteiger partial charge in [0, 0.05) is 12.1 Å². The summed E-state index contributed by atoms with van der Waals surface area (Å²) in [6.45, 7) is 4.42. The normalized spacial score (nSPS) is 23.3. The smallest absolute Gasteiger partial charge is 0.172 e. The van der Waals surface area contributed by atoms with E-state index < -0.39 is 0 Å². The lowest BCUT2D eigenvalue weighted by Crippen LogP contribution is -2.39. The number of nitrogens with zero attached hydrogens (tertiary/aromatic N) is 2. The lowest BCUT2D eigenvalue weighted by Gasteiger charge is -2.36. The number of rotatable bonds is 3. The Bertz CT molecular complexity index is 495. The summed E-state index contributed by atoms with van der Waals surface area (Å²) in [5.74, 6) is 0.560. The molecule has 1 fully saturated rings. The molecule has 1 heterocycles. The quantitative estimate of drug-likeness (QED) is 0.852. The molecule has 0 aromatic heterocycles. The van der Waals surface area contributed by atoms with Crippen molar-refractivity contribution in [2.45, 2.75) is 45.2 Å². The first-order valence-corrected chi connectivity index (χ1v) is 7.71. The Balaban J connectivity index is 2.20. The second-order valence-corrected chi connectivity index (χ2v) is 6.16. The summed E-state index contributed by atoms with van der Waals surface area (Å²) in [5.41, 5.74) is 0.900. The highest BCUT2D eigenvalue weighted by Crippen LogP contribution is 2.34. The minimum absolute atomic E-state index is 0.115. The number of piperidine rings is 1. The average Bonchev–Trinajstić information content (AvgIpc) is 2.42. The van der Waals surface area contributed by atoms with Crippen LogP contribution in [0.1, 0.15) is 38.7 Å². The van der Waals surface area contributed by atoms with Crippen molar-refractivity contribution in [2.75, 3.05) is 7.11 Å². The molecule has 2 rings (SSSR count). The van der Waals surface area contributed by atoms with Gasteiger partial charge in [0.05, 0.1) is 17.8 Å². The van der Waals surface area contributed by atoms with Crippen molar-refractivity contribution in [3.63, 3.8) is 0 Å². The number of methoxy groups -OCH3 is 1. The number of benzene rings is 1. The van der Waals surface area contributed by atoms with Gasteiger partial charge in [0.1, 0.15) is 0 Å². The van der Waals surface area contributed by atoms with E-state index in [-0.39, 0.29) is 5.75 Å². The first kappa shape index (κ1) is 15.2. The number of aromatic hydroxyl groups is 1. The molecule has 1 aliphatic rings. The van der Waals surface area contributed by atoms with Crippen molar-refractivity contribution >= 4 is 22.1 Å². The minimum Gasteiger partial charge on any atom is -0.503 e. The van der Waals surface area contributed by atoms with E-state index >= 15 is 0 Å². The van der Waals surface area contributed by atoms with Crippen LogP contribution in [0.3, 0.4) is 0 Å². The van der Waals surface area contributed by atoms with Gasteiger partial charge in [-0.15, -0.1) is 0 Å². The van der Waals surface area contributed by atoms with E-state index in [1.165, 1.54) is 26.4 Å². The number of phenols is 1. The van der Waals surface area contributed by atoms with E-state index in [4.69, 9.17) is 4.74 Å². The van der Waals surface area contributed by atoms with Crippen LogP contribution < -0.4 is 4.74 Å². The molecule has 0 radical (unpaired) electrons. The van der Waals surface area contributed by atoms with Crippen molar-refractivity contribution in [1.29, 1.82) is 0 Å². The van der Waals surface area contributed by atoms with Crippen molar-refractivity contribution in [3.8, 4) is 11.5 Å². The maximum absolute atomic E-state index is 9.80. The Morgan fingerprint density at radius 2 is 2.00 bits per heavy atom. The number of halogens is 1. The first-order chi connectivity index (χ1) is 9.52. The van der Waals surface area contributed by atoms with Crippen molar-refractivity contribution < 1.29 is 9.84 Å². The summed E-state index contributed by atoms with van der Waals surface area (Å²) in [5, 5.41) is 16.6. The molecule has 0 saturated carbocycles. The Kier molecular flexibility index (Phi) is 4.91. The van der Waals surface area contributed by atoms with Crippen molar-refractivity contribution in [2.24, 2.45) is 5.10 Å². The third-order valence-electron chi connectivity index (χ3n) is 3.76. The highest BCUT2D eigenvalue weighted by Gasteiger charge is 2.22. The zero-order chi connectivity index (χ0) is 14.7. The maximum atomic E-state index is 9.80. The van der Waals surface area contributed by atoms with E-state index in [2.05, 4.69) is 39.9 Å². The molecule has 20 heavy (non-hydrogen) atoms. The summed E-state index contributed by atoms with van der Waals surface area (Å²) < 4.78 is 5.75. The predicted molar refractivity (Wildman–Crippen MR) is 84.6 cm³/mol. The number of ether oxygens (including phenoxy) is 1. The Morgan fingerprint density at radius 1 is 1.35 bits per heavy atom. The molecular weight excluding hydrogens is 320 g/mol. The van der Waals surface area contributed by atoms with Crippen molar-refractivity contribution in [3.05, 3.63) is 22.2 Å². The largest absolute Gasteiger partial charge is 0.503 e. The van der Waals surface area contributed by atoms with Crippen LogP contribution in [-0.4, -0.2) is 35.5 Å². The monoisotopic (exact) mass is 340 g/mol. The van der Waals surface area contributed by atoms with Crippen LogP contribution in [0.5, 0.6) is 11.5 Å². The van der Waals surface area contributed by atoms with Crippen LogP contribution >= 0.6 is 15.9 Å². The van der Waals surface area contributed by atoms with E-state index in [1.807, 2.05) is 12.3 Å². The van der Waals surface area contributed by atoms with Crippen LogP contribution in [0, 0.1) is 0 Å². The Morgan fingerprint density at radius 3 is 2.60 bits per heavy atom. The number of hydrogen-bond donors (Lipinski definition) is 1. The molecule has 0 aliphatic carbocycles. The second kappa shape index (κ2) is 6.48. The summed E-state index contributed by atoms with van der Waals surface area (Å²) >= 11 is 3.32. The van der Waals surface area contributed by atoms with Gasteiger partial charge in [0.25, 0.3) is 0 Å². The van der Waals surface area contributed by atoms with Gasteiger partial charge in [-0.1, -0.05) is 0 Å². The molecule has 1 aromatic rings. The van der Waals surface area contributed by atoms with Crippen LogP contribution in [0.15, 0.2) is 21.7 Å². The van der Waals surface area contributed by atoms with Gasteiger partial charge < -0.3 is 9.84 Å². The zero-order valence-electron chi connectivity index (χ0n) is 12.1. The van der Waals surface area contributed by atoms with E-state index in [1.54, 1.807) is 6.07 Å². The molecule has 2 atom stereocenters. The lowest BCUT2D eigenvalue weighted by atomic mass is 10.00. The van der Waals surface area contributed by atoms with Gasteiger partial charge in [-0.2, -0.15) is 5.10 Å². The van der Waals surface area contributed by atoms with Gasteiger partial charge >= 0.3 is 0 Å². The SMILES string of the molecule is COc1cc(/C=N/N2C(C)CCCC2C)cc(Br)c1O. The summed E-state index contributed by atoms with van der Waals surface area (Å²) in [6, 6.07) is 4.55. The van der Waals surface area contributed by atoms with Gasteiger partial charge in [0.2, 0.25) is 0 Å². The molecule has 1 aliphatic heterocycles. The van der Waals surface area contributed by atoms with Crippen LogP contribution in [0.25, 0.3) is 0 Å². The van der Waals surface area contributed by atoms with Gasteiger partial charge in [-0.25, -0.2) is 0 Å². The molecule has 1 N–H and O–H groups in total. The molecule has 0 amide bonds. The van der Waals surface area contributed by atoms with Crippen LogP contribution in [0.2, 0.25) is 0 Å². The van der Waals surface area contributed by atoms with Crippen molar-refractivity contribution in [1.82, 2.24) is 5.01 Å². The zero-order valence-corrected chi connectivity index (χ0v) is 13.7. The predicted octanol–water partition coefficient (Wildman–Crippen LogP) is 3.76. The first-order valence-electron chi connectivity index (χ1n) is 6.91. The minimum atomic E-state index is 0.115. The third-order valence-corrected chi connectivity index (χ3v) is 4.36. The fourth-order valence-electron chi connectivity index (χ4n) is 2.59. The highest BCUT2D eigenvalue weighted by molar-refractivity contribution is 9.10.